The Morgan fingerprint density at radius 2 is 1.96 bits per heavy atom. The molecule has 3 heterocycles. The number of aryl methyl sites for hydroxylation is 1. The molecule has 0 radical (unpaired) electrons. The monoisotopic (exact) mass is 361 g/mol. The van der Waals surface area contributed by atoms with Crippen molar-refractivity contribution in [1.82, 2.24) is 19.5 Å². The van der Waals surface area contributed by atoms with Crippen molar-refractivity contribution >= 4 is 17.4 Å². The van der Waals surface area contributed by atoms with Gasteiger partial charge in [0.2, 0.25) is 5.82 Å². The maximum absolute atomic E-state index is 12.8. The van der Waals surface area contributed by atoms with Crippen molar-refractivity contribution in [2.24, 2.45) is 0 Å². The second kappa shape index (κ2) is 6.60. The number of hydrogen-bond donors (Lipinski definition) is 1. The van der Waals surface area contributed by atoms with Gasteiger partial charge in [-0.25, -0.2) is 4.98 Å². The predicted octanol–water partition coefficient (Wildman–Crippen LogP) is 3.15. The Labute approximate surface area is 156 Å². The highest BCUT2D eigenvalue weighted by atomic mass is 16.3. The van der Waals surface area contributed by atoms with Gasteiger partial charge in [0.1, 0.15) is 11.6 Å². The Morgan fingerprint density at radius 3 is 2.67 bits per heavy atom. The Bertz CT molecular complexity index is 1110. The van der Waals surface area contributed by atoms with E-state index in [1.54, 1.807) is 30.1 Å². The Kier molecular flexibility index (Phi) is 4.12. The number of fused-ring (bicyclic) bond motifs is 1. The summed E-state index contributed by atoms with van der Waals surface area (Å²) in [4.78, 5) is 18.9. The fraction of sp³-hybridized carbons (Fsp3) is 0.150. The van der Waals surface area contributed by atoms with Crippen LogP contribution in [0.25, 0.3) is 17.2 Å². The first-order valence-corrected chi connectivity index (χ1v) is 8.54. The fourth-order valence-electron chi connectivity index (χ4n) is 2.94. The molecule has 4 aromatic rings. The molecule has 0 spiro atoms. The van der Waals surface area contributed by atoms with E-state index in [0.29, 0.717) is 35.2 Å². The highest BCUT2D eigenvalue weighted by Crippen LogP contribution is 2.22. The maximum Gasteiger partial charge on any atom is 0.254 e. The highest BCUT2D eigenvalue weighted by molar-refractivity contribution is 5.95. The number of carbonyl (C=O) groups is 1. The van der Waals surface area contributed by atoms with Crippen LogP contribution in [0.2, 0.25) is 0 Å². The molecule has 2 N–H and O–H groups in total. The van der Waals surface area contributed by atoms with Crippen LogP contribution in [0.15, 0.2) is 59.0 Å². The molecule has 1 amide bonds. The summed E-state index contributed by atoms with van der Waals surface area (Å²) in [6, 6.07) is 16.8. The van der Waals surface area contributed by atoms with Gasteiger partial charge in [-0.2, -0.15) is 4.52 Å². The van der Waals surface area contributed by atoms with Gasteiger partial charge < -0.3 is 15.1 Å². The van der Waals surface area contributed by atoms with Crippen LogP contribution in [0.3, 0.4) is 0 Å². The van der Waals surface area contributed by atoms with Gasteiger partial charge in [-0.1, -0.05) is 30.3 Å². The van der Waals surface area contributed by atoms with Crippen molar-refractivity contribution < 1.29 is 9.21 Å². The van der Waals surface area contributed by atoms with Gasteiger partial charge in [0.25, 0.3) is 5.91 Å². The SMILES string of the molecule is Cc1ccc(-c2nc3cc(C(=O)N(C)Cc4ccccc4)cc(N)n3n2)o1. The summed E-state index contributed by atoms with van der Waals surface area (Å²) in [7, 11) is 1.76. The molecule has 0 aliphatic rings. The third-order valence-electron chi connectivity index (χ3n) is 4.28. The fourth-order valence-corrected chi connectivity index (χ4v) is 2.94. The molecule has 0 aliphatic heterocycles. The Balaban J connectivity index is 1.65. The zero-order valence-electron chi connectivity index (χ0n) is 15.1. The lowest BCUT2D eigenvalue weighted by Crippen LogP contribution is -2.26. The number of nitrogens with zero attached hydrogens (tertiary/aromatic N) is 4. The molecule has 0 saturated carbocycles. The van der Waals surface area contributed by atoms with E-state index in [-0.39, 0.29) is 5.91 Å². The number of furan rings is 1. The molecular weight excluding hydrogens is 342 g/mol. The predicted molar refractivity (Wildman–Crippen MR) is 102 cm³/mol. The number of nitrogen functional groups attached to an aromatic ring is 1. The minimum Gasteiger partial charge on any atom is -0.458 e. The van der Waals surface area contributed by atoms with E-state index < -0.39 is 0 Å². The summed E-state index contributed by atoms with van der Waals surface area (Å²) in [5, 5.41) is 4.37. The van der Waals surface area contributed by atoms with E-state index >= 15 is 0 Å². The van der Waals surface area contributed by atoms with Crippen LogP contribution < -0.4 is 5.73 Å². The molecule has 0 aliphatic carbocycles. The summed E-state index contributed by atoms with van der Waals surface area (Å²) in [6.45, 7) is 2.36. The smallest absolute Gasteiger partial charge is 0.254 e. The van der Waals surface area contributed by atoms with Gasteiger partial charge in [-0.05, 0) is 36.8 Å². The number of rotatable bonds is 4. The van der Waals surface area contributed by atoms with Crippen LogP contribution in [0.1, 0.15) is 21.7 Å². The number of benzene rings is 1. The molecule has 136 valence electrons. The standard InChI is InChI=1S/C20H19N5O2/c1-13-8-9-16(27-13)19-22-18-11-15(10-17(21)25(18)23-19)20(26)24(2)12-14-6-4-3-5-7-14/h3-11H,12,21H2,1-2H3. The van der Waals surface area contributed by atoms with Gasteiger partial charge in [0.15, 0.2) is 11.4 Å². The number of amides is 1. The number of pyridine rings is 1. The average molecular weight is 361 g/mol. The van der Waals surface area contributed by atoms with E-state index in [0.717, 1.165) is 11.3 Å². The summed E-state index contributed by atoms with van der Waals surface area (Å²) in [6.07, 6.45) is 0. The minimum atomic E-state index is -0.133. The van der Waals surface area contributed by atoms with E-state index in [2.05, 4.69) is 10.1 Å². The largest absolute Gasteiger partial charge is 0.458 e. The minimum absolute atomic E-state index is 0.133. The van der Waals surface area contributed by atoms with E-state index in [4.69, 9.17) is 10.2 Å². The molecule has 3 aromatic heterocycles. The normalized spacial score (nSPS) is 11.0. The third-order valence-corrected chi connectivity index (χ3v) is 4.28. The summed E-state index contributed by atoms with van der Waals surface area (Å²) in [5.74, 6) is 1.97. The number of nitrogens with two attached hydrogens (primary N) is 1. The molecule has 0 saturated heterocycles. The molecule has 27 heavy (non-hydrogen) atoms. The topological polar surface area (TPSA) is 89.7 Å². The molecule has 4 rings (SSSR count). The van der Waals surface area contributed by atoms with Crippen LogP contribution in [-0.2, 0) is 6.54 Å². The second-order valence-corrected chi connectivity index (χ2v) is 6.43. The molecule has 1 aromatic carbocycles. The summed E-state index contributed by atoms with van der Waals surface area (Å²) >= 11 is 0. The lowest BCUT2D eigenvalue weighted by Gasteiger charge is -2.17. The molecule has 7 heteroatoms. The first kappa shape index (κ1) is 16.8. The summed E-state index contributed by atoms with van der Waals surface area (Å²) in [5.41, 5.74) is 8.12. The van der Waals surface area contributed by atoms with Crippen molar-refractivity contribution in [1.29, 1.82) is 0 Å². The first-order valence-electron chi connectivity index (χ1n) is 8.54. The molecule has 0 atom stereocenters. The van der Waals surface area contributed by atoms with Crippen molar-refractivity contribution in [2.75, 3.05) is 12.8 Å². The second-order valence-electron chi connectivity index (χ2n) is 6.43. The van der Waals surface area contributed by atoms with Crippen molar-refractivity contribution in [3.63, 3.8) is 0 Å². The average Bonchev–Trinajstić information content (AvgIpc) is 3.28. The van der Waals surface area contributed by atoms with Crippen LogP contribution in [0, 0.1) is 6.92 Å². The van der Waals surface area contributed by atoms with Crippen molar-refractivity contribution in [3.05, 3.63) is 71.5 Å². The third kappa shape index (κ3) is 3.27. The van der Waals surface area contributed by atoms with Gasteiger partial charge in [-0.3, -0.25) is 4.79 Å². The van der Waals surface area contributed by atoms with Crippen LogP contribution >= 0.6 is 0 Å². The number of hydrogen-bond acceptors (Lipinski definition) is 5. The number of aromatic nitrogens is 3. The van der Waals surface area contributed by atoms with Crippen molar-refractivity contribution in [2.45, 2.75) is 13.5 Å². The van der Waals surface area contributed by atoms with E-state index in [1.165, 1.54) is 4.52 Å². The van der Waals surface area contributed by atoms with Gasteiger partial charge in [0.05, 0.1) is 0 Å². The Morgan fingerprint density at radius 1 is 1.19 bits per heavy atom. The molecule has 0 bridgehead atoms. The lowest BCUT2D eigenvalue weighted by molar-refractivity contribution is 0.0785. The van der Waals surface area contributed by atoms with E-state index in [9.17, 15) is 4.79 Å². The van der Waals surface area contributed by atoms with E-state index in [1.807, 2.05) is 43.3 Å². The van der Waals surface area contributed by atoms with Crippen molar-refractivity contribution in [3.8, 4) is 11.6 Å². The molecular formula is C20H19N5O2. The highest BCUT2D eigenvalue weighted by Gasteiger charge is 2.17. The number of anilines is 1. The maximum atomic E-state index is 12.8. The van der Waals surface area contributed by atoms with Crippen LogP contribution in [-0.4, -0.2) is 32.5 Å². The summed E-state index contributed by atoms with van der Waals surface area (Å²) < 4.78 is 7.07. The lowest BCUT2D eigenvalue weighted by atomic mass is 10.2. The van der Waals surface area contributed by atoms with Gasteiger partial charge >= 0.3 is 0 Å². The van der Waals surface area contributed by atoms with Crippen LogP contribution in [0.5, 0.6) is 0 Å². The van der Waals surface area contributed by atoms with Gasteiger partial charge in [0, 0.05) is 19.2 Å². The zero-order valence-corrected chi connectivity index (χ0v) is 15.1. The molecule has 0 fully saturated rings. The quantitative estimate of drug-likeness (QED) is 0.603. The molecule has 7 nitrogen and oxygen atoms in total. The number of carbonyl (C=O) groups excluding carboxylic acids is 1. The van der Waals surface area contributed by atoms with Crippen LogP contribution in [0.4, 0.5) is 5.82 Å². The van der Waals surface area contributed by atoms with Gasteiger partial charge in [-0.15, -0.1) is 5.10 Å². The molecule has 0 unspecified atom stereocenters. The zero-order chi connectivity index (χ0) is 19.0. The Hall–Kier alpha value is -3.61. The first-order chi connectivity index (χ1) is 13.0.